The van der Waals surface area contributed by atoms with Gasteiger partial charge in [-0.05, 0) is 36.2 Å². The standard InChI is InChI=1S/C19H19ClN2O6/c1-12(2)10-27-15-6-3-13(4-7-15)19(24)28-11-18(23)21-17-8-5-14(22(25)26)9-16(17)20/h3-9,12H,10-11H2,1-2H3,(H,21,23). The number of rotatable bonds is 8. The summed E-state index contributed by atoms with van der Waals surface area (Å²) in [6.07, 6.45) is 0. The number of hydrogen-bond acceptors (Lipinski definition) is 6. The monoisotopic (exact) mass is 406 g/mol. The Bertz CT molecular complexity index is 867. The lowest BCUT2D eigenvalue weighted by molar-refractivity contribution is -0.384. The Hall–Kier alpha value is -3.13. The first kappa shape index (κ1) is 21.2. The first-order valence-electron chi connectivity index (χ1n) is 8.40. The van der Waals surface area contributed by atoms with Crippen LogP contribution in [0.1, 0.15) is 24.2 Å². The number of nitrogens with zero attached hydrogens (tertiary/aromatic N) is 1. The van der Waals surface area contributed by atoms with Crippen molar-refractivity contribution < 1.29 is 24.0 Å². The van der Waals surface area contributed by atoms with Gasteiger partial charge in [-0.15, -0.1) is 0 Å². The number of carbonyl (C=O) groups excluding carboxylic acids is 2. The molecule has 9 heteroatoms. The van der Waals surface area contributed by atoms with Crippen LogP contribution in [0.25, 0.3) is 0 Å². The molecule has 0 spiro atoms. The zero-order valence-corrected chi connectivity index (χ0v) is 16.1. The SMILES string of the molecule is CC(C)COc1ccc(C(=O)OCC(=O)Nc2ccc([N+](=O)[O-])cc2Cl)cc1. The predicted molar refractivity (Wildman–Crippen MR) is 104 cm³/mol. The van der Waals surface area contributed by atoms with Gasteiger partial charge in [-0.1, -0.05) is 25.4 Å². The van der Waals surface area contributed by atoms with Crippen LogP contribution in [0, 0.1) is 16.0 Å². The highest BCUT2D eigenvalue weighted by Crippen LogP contribution is 2.26. The van der Waals surface area contributed by atoms with Crippen molar-refractivity contribution in [2.24, 2.45) is 5.92 Å². The lowest BCUT2D eigenvalue weighted by Gasteiger charge is -2.10. The van der Waals surface area contributed by atoms with Gasteiger partial charge in [0.2, 0.25) is 0 Å². The molecule has 0 aliphatic carbocycles. The maximum Gasteiger partial charge on any atom is 0.338 e. The molecule has 0 radical (unpaired) electrons. The highest BCUT2D eigenvalue weighted by atomic mass is 35.5. The van der Waals surface area contributed by atoms with Gasteiger partial charge >= 0.3 is 5.97 Å². The predicted octanol–water partition coefficient (Wildman–Crippen LogP) is 4.08. The number of halogens is 1. The minimum absolute atomic E-state index is 0.00543. The second-order valence-corrected chi connectivity index (χ2v) is 6.68. The molecule has 0 saturated heterocycles. The highest BCUT2D eigenvalue weighted by Gasteiger charge is 2.14. The topological polar surface area (TPSA) is 108 Å². The lowest BCUT2D eigenvalue weighted by Crippen LogP contribution is -2.21. The second kappa shape index (κ2) is 9.70. The van der Waals surface area contributed by atoms with Crippen LogP contribution in [-0.2, 0) is 9.53 Å². The van der Waals surface area contributed by atoms with E-state index < -0.39 is 23.4 Å². The number of esters is 1. The minimum Gasteiger partial charge on any atom is -0.493 e. The maximum atomic E-state index is 12.0. The van der Waals surface area contributed by atoms with Crippen LogP contribution in [-0.4, -0.2) is 30.0 Å². The van der Waals surface area contributed by atoms with Crippen LogP contribution in [0.3, 0.4) is 0 Å². The fourth-order valence-corrected chi connectivity index (χ4v) is 2.29. The van der Waals surface area contributed by atoms with Gasteiger partial charge in [0.15, 0.2) is 6.61 Å². The van der Waals surface area contributed by atoms with Crippen molar-refractivity contribution in [3.05, 3.63) is 63.2 Å². The fourth-order valence-electron chi connectivity index (χ4n) is 2.07. The van der Waals surface area contributed by atoms with E-state index in [9.17, 15) is 19.7 Å². The number of nitro groups is 1. The Balaban J connectivity index is 1.87. The lowest BCUT2D eigenvalue weighted by atomic mass is 10.2. The molecule has 0 aromatic heterocycles. The summed E-state index contributed by atoms with van der Waals surface area (Å²) >= 11 is 5.90. The van der Waals surface area contributed by atoms with Gasteiger partial charge in [-0.3, -0.25) is 14.9 Å². The van der Waals surface area contributed by atoms with E-state index in [0.29, 0.717) is 18.3 Å². The van der Waals surface area contributed by atoms with Crippen molar-refractivity contribution in [2.75, 3.05) is 18.5 Å². The molecule has 8 nitrogen and oxygen atoms in total. The van der Waals surface area contributed by atoms with E-state index in [0.717, 1.165) is 6.07 Å². The van der Waals surface area contributed by atoms with Crippen molar-refractivity contribution in [1.82, 2.24) is 0 Å². The molecule has 1 amide bonds. The third kappa shape index (κ3) is 6.24. The van der Waals surface area contributed by atoms with Crippen molar-refractivity contribution in [3.63, 3.8) is 0 Å². The van der Waals surface area contributed by atoms with E-state index >= 15 is 0 Å². The first-order valence-corrected chi connectivity index (χ1v) is 8.78. The second-order valence-electron chi connectivity index (χ2n) is 6.27. The fraction of sp³-hybridized carbons (Fsp3) is 0.263. The number of ether oxygens (including phenoxy) is 2. The smallest absolute Gasteiger partial charge is 0.338 e. The van der Waals surface area contributed by atoms with E-state index in [1.165, 1.54) is 12.1 Å². The summed E-state index contributed by atoms with van der Waals surface area (Å²) in [5, 5.41) is 13.1. The molecular weight excluding hydrogens is 388 g/mol. The molecule has 0 bridgehead atoms. The Morgan fingerprint density at radius 1 is 1.18 bits per heavy atom. The molecule has 2 aromatic rings. The Kier molecular flexibility index (Phi) is 7.34. The van der Waals surface area contributed by atoms with E-state index in [4.69, 9.17) is 21.1 Å². The molecule has 148 valence electrons. The summed E-state index contributed by atoms with van der Waals surface area (Å²) in [6.45, 7) is 4.09. The molecule has 2 aromatic carbocycles. The van der Waals surface area contributed by atoms with Gasteiger partial charge in [0.1, 0.15) is 5.75 Å². The van der Waals surface area contributed by atoms with Gasteiger partial charge in [-0.25, -0.2) is 4.79 Å². The molecule has 28 heavy (non-hydrogen) atoms. The van der Waals surface area contributed by atoms with Crippen LogP contribution in [0.4, 0.5) is 11.4 Å². The van der Waals surface area contributed by atoms with Crippen LogP contribution >= 0.6 is 11.6 Å². The van der Waals surface area contributed by atoms with Gasteiger partial charge in [0.05, 0.1) is 27.8 Å². The zero-order valence-electron chi connectivity index (χ0n) is 15.3. The molecule has 0 saturated carbocycles. The van der Waals surface area contributed by atoms with E-state index in [2.05, 4.69) is 5.32 Å². The molecular formula is C19H19ClN2O6. The molecule has 0 fully saturated rings. The van der Waals surface area contributed by atoms with Crippen LogP contribution in [0.15, 0.2) is 42.5 Å². The number of amides is 1. The molecule has 0 aliphatic rings. The third-order valence-electron chi connectivity index (χ3n) is 3.45. The van der Waals surface area contributed by atoms with Crippen molar-refractivity contribution in [3.8, 4) is 5.75 Å². The average molecular weight is 407 g/mol. The highest BCUT2D eigenvalue weighted by molar-refractivity contribution is 6.34. The quantitative estimate of drug-likeness (QED) is 0.402. The van der Waals surface area contributed by atoms with Gasteiger partial charge in [0, 0.05) is 12.1 Å². The molecule has 1 N–H and O–H groups in total. The Labute approximate surface area is 166 Å². The van der Waals surface area contributed by atoms with E-state index in [1.807, 2.05) is 13.8 Å². The Morgan fingerprint density at radius 3 is 2.43 bits per heavy atom. The van der Waals surface area contributed by atoms with E-state index in [-0.39, 0.29) is 22.0 Å². The normalized spacial score (nSPS) is 10.4. The Morgan fingerprint density at radius 2 is 1.86 bits per heavy atom. The summed E-state index contributed by atoms with van der Waals surface area (Å²) in [5.41, 5.74) is 0.258. The van der Waals surface area contributed by atoms with Gasteiger partial charge in [0.25, 0.3) is 11.6 Å². The first-order chi connectivity index (χ1) is 13.3. The molecule has 0 unspecified atom stereocenters. The van der Waals surface area contributed by atoms with Crippen LogP contribution in [0.2, 0.25) is 5.02 Å². The summed E-state index contributed by atoms with van der Waals surface area (Å²) in [5.74, 6) is -0.274. The van der Waals surface area contributed by atoms with Gasteiger partial charge in [-0.2, -0.15) is 0 Å². The van der Waals surface area contributed by atoms with Crippen LogP contribution < -0.4 is 10.1 Å². The van der Waals surface area contributed by atoms with Crippen molar-refractivity contribution in [1.29, 1.82) is 0 Å². The van der Waals surface area contributed by atoms with Crippen molar-refractivity contribution >= 4 is 34.9 Å². The maximum absolute atomic E-state index is 12.0. The third-order valence-corrected chi connectivity index (χ3v) is 3.76. The number of nitro benzene ring substituents is 1. The van der Waals surface area contributed by atoms with Crippen molar-refractivity contribution in [2.45, 2.75) is 13.8 Å². The van der Waals surface area contributed by atoms with Crippen LogP contribution in [0.5, 0.6) is 5.75 Å². The molecule has 0 atom stereocenters. The summed E-state index contributed by atoms with van der Waals surface area (Å²) in [7, 11) is 0. The zero-order chi connectivity index (χ0) is 20.7. The number of benzene rings is 2. The number of non-ortho nitro benzene ring substituents is 1. The average Bonchev–Trinajstić information content (AvgIpc) is 2.66. The molecule has 0 heterocycles. The summed E-state index contributed by atoms with van der Waals surface area (Å²) in [4.78, 5) is 34.0. The number of nitrogens with one attached hydrogen (secondary N) is 1. The molecule has 0 aliphatic heterocycles. The number of hydrogen-bond donors (Lipinski definition) is 1. The summed E-state index contributed by atoms with van der Waals surface area (Å²) < 4.78 is 10.5. The largest absolute Gasteiger partial charge is 0.493 e. The number of carbonyl (C=O) groups is 2. The summed E-state index contributed by atoms with van der Waals surface area (Å²) in [6, 6.07) is 10.0. The number of anilines is 1. The van der Waals surface area contributed by atoms with E-state index in [1.54, 1.807) is 24.3 Å². The minimum atomic E-state index is -0.666. The molecule has 2 rings (SSSR count). The van der Waals surface area contributed by atoms with Gasteiger partial charge < -0.3 is 14.8 Å².